The third-order valence-electron chi connectivity index (χ3n) is 2.72. The number of carbonyl (C=O) groups is 1. The van der Waals surface area contributed by atoms with Crippen LogP contribution in [0.15, 0.2) is 24.3 Å². The maximum atomic E-state index is 13.5. The molecule has 0 saturated carbocycles. The quantitative estimate of drug-likeness (QED) is 0.866. The fourth-order valence-electron chi connectivity index (χ4n) is 1.85. The first-order valence-corrected chi connectivity index (χ1v) is 5.65. The molecule has 0 atom stereocenters. The number of carbonyl (C=O) groups excluding carboxylic acids is 1. The van der Waals surface area contributed by atoms with Crippen molar-refractivity contribution in [3.63, 3.8) is 0 Å². The van der Waals surface area contributed by atoms with Gasteiger partial charge >= 0.3 is 0 Å². The third kappa shape index (κ3) is 2.67. The van der Waals surface area contributed by atoms with Gasteiger partial charge < -0.3 is 11.5 Å². The van der Waals surface area contributed by atoms with E-state index >= 15 is 0 Å². The highest BCUT2D eigenvalue weighted by molar-refractivity contribution is 5.98. The molecule has 2 aromatic rings. The van der Waals surface area contributed by atoms with E-state index in [9.17, 15) is 9.18 Å². The number of halogens is 1. The second-order valence-electron chi connectivity index (χ2n) is 4.12. The maximum absolute atomic E-state index is 13.5. The summed E-state index contributed by atoms with van der Waals surface area (Å²) in [4.78, 5) is 19.3. The molecular weight excluding hydrogens is 247 g/mol. The molecule has 4 N–H and O–H groups in total. The Bertz CT molecular complexity index is 619. The number of benzene rings is 1. The van der Waals surface area contributed by atoms with Gasteiger partial charge in [-0.05, 0) is 18.6 Å². The number of aryl methyl sites for hydroxylation is 1. The van der Waals surface area contributed by atoms with Gasteiger partial charge in [0.2, 0.25) is 0 Å². The van der Waals surface area contributed by atoms with Crippen LogP contribution < -0.4 is 11.5 Å². The maximum Gasteiger partial charge on any atom is 0.254 e. The van der Waals surface area contributed by atoms with Crippen molar-refractivity contribution in [2.24, 2.45) is 5.73 Å². The Balaban J connectivity index is 2.38. The lowest BCUT2D eigenvalue weighted by Gasteiger charge is -2.08. The normalized spacial score (nSPS) is 10.4. The number of hydrogen-bond donors (Lipinski definition) is 2. The summed E-state index contributed by atoms with van der Waals surface area (Å²) >= 11 is 0. The van der Waals surface area contributed by atoms with Gasteiger partial charge in [0.15, 0.2) is 0 Å². The smallest absolute Gasteiger partial charge is 0.254 e. The van der Waals surface area contributed by atoms with E-state index in [-0.39, 0.29) is 23.6 Å². The molecule has 0 aliphatic rings. The average Bonchev–Trinajstić information content (AvgIpc) is 2.30. The number of primary amides is 1. The van der Waals surface area contributed by atoms with Crippen LogP contribution in [-0.2, 0) is 6.42 Å². The van der Waals surface area contributed by atoms with E-state index in [0.29, 0.717) is 17.1 Å². The number of nitrogen functional groups attached to an aromatic ring is 1. The summed E-state index contributed by atoms with van der Waals surface area (Å²) in [5.41, 5.74) is 11.8. The molecule has 1 aromatic carbocycles. The molecule has 5 nitrogen and oxygen atoms in total. The predicted octanol–water partition coefficient (Wildman–Crippen LogP) is 1.20. The summed E-state index contributed by atoms with van der Waals surface area (Å²) in [6.07, 6.45) is 0.205. The van der Waals surface area contributed by atoms with E-state index < -0.39 is 5.91 Å². The molecule has 19 heavy (non-hydrogen) atoms. The van der Waals surface area contributed by atoms with Crippen LogP contribution in [0.4, 0.5) is 10.2 Å². The summed E-state index contributed by atoms with van der Waals surface area (Å²) in [6.45, 7) is 1.61. The Kier molecular flexibility index (Phi) is 3.41. The van der Waals surface area contributed by atoms with Gasteiger partial charge in [0, 0.05) is 6.42 Å². The molecule has 0 bridgehead atoms. The van der Waals surface area contributed by atoms with Gasteiger partial charge in [-0.1, -0.05) is 18.2 Å². The molecule has 0 unspecified atom stereocenters. The van der Waals surface area contributed by atoms with Crippen LogP contribution in [0.25, 0.3) is 0 Å². The summed E-state index contributed by atoms with van der Waals surface area (Å²) in [5.74, 6) is -0.634. The fourth-order valence-corrected chi connectivity index (χ4v) is 1.85. The van der Waals surface area contributed by atoms with Crippen LogP contribution in [0.3, 0.4) is 0 Å². The Morgan fingerprint density at radius 1 is 1.32 bits per heavy atom. The van der Waals surface area contributed by atoms with Crippen LogP contribution in [0.5, 0.6) is 0 Å². The van der Waals surface area contributed by atoms with Crippen molar-refractivity contribution in [2.75, 3.05) is 5.73 Å². The third-order valence-corrected chi connectivity index (χ3v) is 2.72. The van der Waals surface area contributed by atoms with Gasteiger partial charge in [-0.25, -0.2) is 14.4 Å². The first kappa shape index (κ1) is 12.9. The number of rotatable bonds is 3. The molecule has 0 saturated heterocycles. The SMILES string of the molecule is Cc1nc(Cc2ccccc2F)nc(N)c1C(N)=O. The highest BCUT2D eigenvalue weighted by atomic mass is 19.1. The highest BCUT2D eigenvalue weighted by Crippen LogP contribution is 2.15. The zero-order valence-electron chi connectivity index (χ0n) is 10.4. The molecular formula is C13H13FN4O. The zero-order chi connectivity index (χ0) is 14.0. The first-order chi connectivity index (χ1) is 8.99. The molecule has 0 radical (unpaired) electrons. The zero-order valence-corrected chi connectivity index (χ0v) is 10.4. The second-order valence-corrected chi connectivity index (χ2v) is 4.12. The summed E-state index contributed by atoms with van der Waals surface area (Å²) in [5, 5.41) is 0. The first-order valence-electron chi connectivity index (χ1n) is 5.65. The summed E-state index contributed by atoms with van der Waals surface area (Å²) < 4.78 is 13.5. The fraction of sp³-hybridized carbons (Fsp3) is 0.154. The van der Waals surface area contributed by atoms with Crippen molar-refractivity contribution in [1.82, 2.24) is 9.97 Å². The topological polar surface area (TPSA) is 94.9 Å². The molecule has 1 heterocycles. The molecule has 6 heteroatoms. The standard InChI is InChI=1S/C13H13FN4O/c1-7-11(13(16)19)12(15)18-10(17-7)6-8-4-2-3-5-9(8)14/h2-5H,6H2,1H3,(H2,16,19)(H2,15,17,18). The van der Waals surface area contributed by atoms with E-state index in [4.69, 9.17) is 11.5 Å². The van der Waals surface area contributed by atoms with Crippen molar-refractivity contribution >= 4 is 11.7 Å². The molecule has 98 valence electrons. The van der Waals surface area contributed by atoms with Crippen molar-refractivity contribution < 1.29 is 9.18 Å². The molecule has 0 aliphatic heterocycles. The van der Waals surface area contributed by atoms with Gasteiger partial charge in [0.1, 0.15) is 23.0 Å². The van der Waals surface area contributed by atoms with Crippen LogP contribution in [0, 0.1) is 12.7 Å². The molecule has 0 spiro atoms. The molecule has 0 aliphatic carbocycles. The van der Waals surface area contributed by atoms with Gasteiger partial charge in [0.05, 0.1) is 5.69 Å². The van der Waals surface area contributed by atoms with Crippen LogP contribution in [0.1, 0.15) is 27.4 Å². The highest BCUT2D eigenvalue weighted by Gasteiger charge is 2.14. The van der Waals surface area contributed by atoms with E-state index in [1.807, 2.05) is 0 Å². The monoisotopic (exact) mass is 260 g/mol. The minimum absolute atomic E-state index is 0.0198. The van der Waals surface area contributed by atoms with Crippen molar-refractivity contribution in [3.8, 4) is 0 Å². The van der Waals surface area contributed by atoms with Crippen molar-refractivity contribution in [2.45, 2.75) is 13.3 Å². The van der Waals surface area contributed by atoms with Gasteiger partial charge in [-0.3, -0.25) is 4.79 Å². The number of nitrogens with zero attached hydrogens (tertiary/aromatic N) is 2. The van der Waals surface area contributed by atoms with E-state index in [0.717, 1.165) is 0 Å². The second kappa shape index (κ2) is 5.01. The number of hydrogen-bond acceptors (Lipinski definition) is 4. The number of aromatic nitrogens is 2. The largest absolute Gasteiger partial charge is 0.383 e. The minimum atomic E-state index is -0.674. The Labute approximate surface area is 109 Å². The summed E-state index contributed by atoms with van der Waals surface area (Å²) in [6, 6.07) is 6.34. The predicted molar refractivity (Wildman–Crippen MR) is 68.9 cm³/mol. The van der Waals surface area contributed by atoms with E-state index in [1.54, 1.807) is 25.1 Å². The van der Waals surface area contributed by atoms with E-state index in [2.05, 4.69) is 9.97 Å². The summed E-state index contributed by atoms with van der Waals surface area (Å²) in [7, 11) is 0. The Morgan fingerprint density at radius 3 is 2.58 bits per heavy atom. The molecule has 0 fully saturated rings. The molecule has 1 aromatic heterocycles. The minimum Gasteiger partial charge on any atom is -0.383 e. The van der Waals surface area contributed by atoms with Crippen molar-refractivity contribution in [1.29, 1.82) is 0 Å². The molecule has 2 rings (SSSR count). The van der Waals surface area contributed by atoms with Crippen LogP contribution >= 0.6 is 0 Å². The lowest BCUT2D eigenvalue weighted by atomic mass is 10.1. The molecule has 1 amide bonds. The van der Waals surface area contributed by atoms with Crippen LogP contribution in [-0.4, -0.2) is 15.9 Å². The average molecular weight is 260 g/mol. The van der Waals surface area contributed by atoms with E-state index in [1.165, 1.54) is 6.07 Å². The lowest BCUT2D eigenvalue weighted by molar-refractivity contribution is 0.1000. The Morgan fingerprint density at radius 2 is 2.00 bits per heavy atom. The van der Waals surface area contributed by atoms with Gasteiger partial charge in [-0.2, -0.15) is 0 Å². The number of anilines is 1. The van der Waals surface area contributed by atoms with Crippen LogP contribution in [0.2, 0.25) is 0 Å². The number of amides is 1. The number of nitrogens with two attached hydrogens (primary N) is 2. The Hall–Kier alpha value is -2.50. The lowest BCUT2D eigenvalue weighted by Crippen LogP contribution is -2.18. The van der Waals surface area contributed by atoms with Gasteiger partial charge in [0.25, 0.3) is 5.91 Å². The van der Waals surface area contributed by atoms with Gasteiger partial charge in [-0.15, -0.1) is 0 Å². The van der Waals surface area contributed by atoms with Crippen molar-refractivity contribution in [3.05, 3.63) is 52.7 Å².